The number of methoxy groups -OCH3 is 1. The number of ether oxygens (including phenoxy) is 1. The summed E-state index contributed by atoms with van der Waals surface area (Å²) in [6, 6.07) is 11.6. The van der Waals surface area contributed by atoms with Crippen molar-refractivity contribution in [3.63, 3.8) is 0 Å². The highest BCUT2D eigenvalue weighted by atomic mass is 16.5. The molecule has 2 aromatic rings. The Kier molecular flexibility index (Phi) is 6.45. The molecule has 0 aromatic heterocycles. The molecule has 1 amide bonds. The first-order valence-electron chi connectivity index (χ1n) is 8.75. The van der Waals surface area contributed by atoms with Crippen LogP contribution >= 0.6 is 0 Å². The largest absolute Gasteiger partial charge is 0.506 e. The van der Waals surface area contributed by atoms with Crippen LogP contribution in [0.25, 0.3) is 0 Å². The molecular formula is C21H25NO5. The Morgan fingerprint density at radius 1 is 1.07 bits per heavy atom. The van der Waals surface area contributed by atoms with Crippen molar-refractivity contribution in [2.24, 2.45) is 0 Å². The molecule has 2 rings (SSSR count). The van der Waals surface area contributed by atoms with Crippen LogP contribution in [0.3, 0.4) is 0 Å². The summed E-state index contributed by atoms with van der Waals surface area (Å²) in [6.07, 6.45) is 1.49. The van der Waals surface area contributed by atoms with Crippen molar-refractivity contribution in [2.75, 3.05) is 12.4 Å². The van der Waals surface area contributed by atoms with Gasteiger partial charge in [0, 0.05) is 17.5 Å². The van der Waals surface area contributed by atoms with Crippen LogP contribution in [0.2, 0.25) is 0 Å². The molecule has 0 heterocycles. The van der Waals surface area contributed by atoms with Gasteiger partial charge in [-0.2, -0.15) is 0 Å². The second-order valence-corrected chi connectivity index (χ2v) is 6.99. The number of esters is 1. The van der Waals surface area contributed by atoms with Gasteiger partial charge in [-0.25, -0.2) is 0 Å². The fourth-order valence-corrected chi connectivity index (χ4v) is 2.94. The standard InChI is InChI=1S/C21H25NO5/c1-21(2,13-7-10-17(24)27-3)15-11-12-16(23)18(19(15)25)22-20(26)14-8-5-4-6-9-14/h4-6,8-9,11-12,23,25H,7,10,13H2,1-3H3,(H,22,26). The van der Waals surface area contributed by atoms with Crippen molar-refractivity contribution in [3.05, 3.63) is 53.6 Å². The number of phenols is 2. The summed E-state index contributed by atoms with van der Waals surface area (Å²) in [6.45, 7) is 3.86. The Labute approximate surface area is 158 Å². The molecule has 0 saturated heterocycles. The Morgan fingerprint density at radius 2 is 1.74 bits per heavy atom. The average molecular weight is 371 g/mol. The van der Waals surface area contributed by atoms with Gasteiger partial charge in [-0.05, 0) is 36.5 Å². The van der Waals surface area contributed by atoms with Gasteiger partial charge in [0.15, 0.2) is 0 Å². The van der Waals surface area contributed by atoms with Crippen molar-refractivity contribution in [1.29, 1.82) is 0 Å². The Bertz CT molecular complexity index is 815. The van der Waals surface area contributed by atoms with Gasteiger partial charge >= 0.3 is 5.97 Å². The fourth-order valence-electron chi connectivity index (χ4n) is 2.94. The van der Waals surface area contributed by atoms with Crippen molar-refractivity contribution < 1.29 is 24.5 Å². The van der Waals surface area contributed by atoms with Gasteiger partial charge < -0.3 is 20.3 Å². The van der Waals surface area contributed by atoms with Crippen molar-refractivity contribution in [3.8, 4) is 11.5 Å². The molecule has 0 spiro atoms. The number of hydrogen-bond acceptors (Lipinski definition) is 5. The predicted molar refractivity (Wildman–Crippen MR) is 103 cm³/mol. The summed E-state index contributed by atoms with van der Waals surface area (Å²) < 4.78 is 4.65. The number of carbonyl (C=O) groups is 2. The molecule has 2 aromatic carbocycles. The zero-order valence-corrected chi connectivity index (χ0v) is 15.8. The summed E-state index contributed by atoms with van der Waals surface area (Å²) in [5.74, 6) is -1.10. The number of rotatable bonds is 7. The van der Waals surface area contributed by atoms with Crippen LogP contribution < -0.4 is 5.32 Å². The third-order valence-corrected chi connectivity index (χ3v) is 4.57. The number of aromatic hydroxyl groups is 2. The molecule has 144 valence electrons. The first-order valence-corrected chi connectivity index (χ1v) is 8.75. The SMILES string of the molecule is COC(=O)CCCC(C)(C)c1ccc(O)c(NC(=O)c2ccccc2)c1O. The third kappa shape index (κ3) is 5.00. The normalized spacial score (nSPS) is 11.1. The van der Waals surface area contributed by atoms with Gasteiger partial charge in [-0.3, -0.25) is 9.59 Å². The smallest absolute Gasteiger partial charge is 0.305 e. The van der Waals surface area contributed by atoms with E-state index in [-0.39, 0.29) is 29.6 Å². The van der Waals surface area contributed by atoms with E-state index in [9.17, 15) is 19.8 Å². The highest BCUT2D eigenvalue weighted by molar-refractivity contribution is 6.06. The van der Waals surface area contributed by atoms with Gasteiger partial charge in [-0.15, -0.1) is 0 Å². The third-order valence-electron chi connectivity index (χ3n) is 4.57. The van der Waals surface area contributed by atoms with Gasteiger partial charge in [0.25, 0.3) is 5.91 Å². The summed E-state index contributed by atoms with van der Waals surface area (Å²) in [4.78, 5) is 23.7. The van der Waals surface area contributed by atoms with Crippen LogP contribution in [0.5, 0.6) is 11.5 Å². The van der Waals surface area contributed by atoms with E-state index < -0.39 is 11.3 Å². The van der Waals surface area contributed by atoms with E-state index in [1.54, 1.807) is 36.4 Å². The average Bonchev–Trinajstić information content (AvgIpc) is 2.65. The first-order chi connectivity index (χ1) is 12.8. The molecule has 0 bridgehead atoms. The number of hydrogen-bond donors (Lipinski definition) is 3. The lowest BCUT2D eigenvalue weighted by Crippen LogP contribution is -2.19. The molecular weight excluding hydrogens is 346 g/mol. The topological polar surface area (TPSA) is 95.9 Å². The molecule has 0 saturated carbocycles. The lowest BCUT2D eigenvalue weighted by atomic mass is 9.79. The van der Waals surface area contributed by atoms with Crippen LogP contribution in [0.1, 0.15) is 49.0 Å². The van der Waals surface area contributed by atoms with E-state index in [1.807, 2.05) is 13.8 Å². The number of nitrogens with one attached hydrogen (secondary N) is 1. The van der Waals surface area contributed by atoms with Crippen LogP contribution in [0, 0.1) is 0 Å². The zero-order chi connectivity index (χ0) is 20.0. The lowest BCUT2D eigenvalue weighted by Gasteiger charge is -2.27. The Hall–Kier alpha value is -3.02. The molecule has 6 nitrogen and oxygen atoms in total. The van der Waals surface area contributed by atoms with E-state index in [4.69, 9.17) is 0 Å². The lowest BCUT2D eigenvalue weighted by molar-refractivity contribution is -0.140. The van der Waals surface area contributed by atoms with Gasteiger partial charge in [0.2, 0.25) is 0 Å². The quantitative estimate of drug-likeness (QED) is 0.505. The van der Waals surface area contributed by atoms with Crippen molar-refractivity contribution in [2.45, 2.75) is 38.5 Å². The minimum absolute atomic E-state index is 0.0256. The van der Waals surface area contributed by atoms with Gasteiger partial charge in [0.1, 0.15) is 17.2 Å². The van der Waals surface area contributed by atoms with E-state index in [2.05, 4.69) is 10.1 Å². The monoisotopic (exact) mass is 371 g/mol. The maximum Gasteiger partial charge on any atom is 0.305 e. The molecule has 0 aliphatic carbocycles. The van der Waals surface area contributed by atoms with Crippen LogP contribution in [0.4, 0.5) is 5.69 Å². The fraction of sp³-hybridized carbons (Fsp3) is 0.333. The minimum Gasteiger partial charge on any atom is -0.506 e. The number of anilines is 1. The number of carbonyl (C=O) groups excluding carboxylic acids is 2. The van der Waals surface area contributed by atoms with E-state index in [0.717, 1.165) is 0 Å². The second kappa shape index (κ2) is 8.58. The van der Waals surface area contributed by atoms with E-state index >= 15 is 0 Å². The van der Waals surface area contributed by atoms with Crippen LogP contribution in [-0.2, 0) is 14.9 Å². The second-order valence-electron chi connectivity index (χ2n) is 6.99. The molecule has 27 heavy (non-hydrogen) atoms. The molecule has 0 radical (unpaired) electrons. The molecule has 0 aliphatic rings. The Morgan fingerprint density at radius 3 is 2.37 bits per heavy atom. The molecule has 0 atom stereocenters. The molecule has 6 heteroatoms. The van der Waals surface area contributed by atoms with Gasteiger partial charge in [0.05, 0.1) is 7.11 Å². The highest BCUT2D eigenvalue weighted by Gasteiger charge is 2.27. The number of amides is 1. The number of benzene rings is 2. The molecule has 0 aliphatic heterocycles. The summed E-state index contributed by atoms with van der Waals surface area (Å²) in [7, 11) is 1.35. The van der Waals surface area contributed by atoms with Crippen LogP contribution in [-0.4, -0.2) is 29.2 Å². The van der Waals surface area contributed by atoms with Gasteiger partial charge in [-0.1, -0.05) is 38.1 Å². The summed E-state index contributed by atoms with van der Waals surface area (Å²) in [5, 5.41) is 23.4. The molecule has 3 N–H and O–H groups in total. The summed E-state index contributed by atoms with van der Waals surface area (Å²) in [5.41, 5.74) is 0.493. The highest BCUT2D eigenvalue weighted by Crippen LogP contribution is 2.43. The maximum atomic E-state index is 12.4. The zero-order valence-electron chi connectivity index (χ0n) is 15.8. The number of phenolic OH excluding ortho intramolecular Hbond substituents is 2. The van der Waals surface area contributed by atoms with Crippen molar-refractivity contribution in [1.82, 2.24) is 0 Å². The predicted octanol–water partition coefficient (Wildman–Crippen LogP) is 3.97. The Balaban J connectivity index is 2.23. The maximum absolute atomic E-state index is 12.4. The van der Waals surface area contributed by atoms with E-state index in [1.165, 1.54) is 13.2 Å². The van der Waals surface area contributed by atoms with Crippen molar-refractivity contribution >= 4 is 17.6 Å². The summed E-state index contributed by atoms with van der Waals surface area (Å²) >= 11 is 0. The molecule has 0 unspecified atom stereocenters. The minimum atomic E-state index is -0.474. The van der Waals surface area contributed by atoms with Crippen LogP contribution in [0.15, 0.2) is 42.5 Å². The van der Waals surface area contributed by atoms with E-state index in [0.29, 0.717) is 24.0 Å². The molecule has 0 fully saturated rings. The first kappa shape index (κ1) is 20.3.